The predicted molar refractivity (Wildman–Crippen MR) is 57.3 cm³/mol. The fourth-order valence-corrected chi connectivity index (χ4v) is 1.32. The van der Waals surface area contributed by atoms with Gasteiger partial charge in [0.2, 0.25) is 0 Å². The van der Waals surface area contributed by atoms with Gasteiger partial charge in [-0.2, -0.15) is 0 Å². The Bertz CT molecular complexity index is 307. The lowest BCUT2D eigenvalue weighted by molar-refractivity contribution is 0.136. The molecular weight excluding hydrogens is 176 g/mol. The van der Waals surface area contributed by atoms with Crippen molar-refractivity contribution < 1.29 is 9.84 Å². The molecule has 0 heterocycles. The highest BCUT2D eigenvalue weighted by atomic mass is 16.5. The number of hydrogen-bond acceptors (Lipinski definition) is 2. The third-order valence-corrected chi connectivity index (χ3v) is 2.33. The summed E-state index contributed by atoms with van der Waals surface area (Å²) in [5, 5.41) is 9.95. The van der Waals surface area contributed by atoms with Gasteiger partial charge in [-0.1, -0.05) is 31.2 Å². The molecule has 2 nitrogen and oxygen atoms in total. The molecule has 1 rings (SSSR count). The second kappa shape index (κ2) is 4.82. The topological polar surface area (TPSA) is 29.5 Å². The summed E-state index contributed by atoms with van der Waals surface area (Å²) in [5.74, 6) is 0.736. The van der Waals surface area contributed by atoms with E-state index in [1.165, 1.54) is 0 Å². The molecule has 0 fully saturated rings. The van der Waals surface area contributed by atoms with Crippen LogP contribution in [0.5, 0.6) is 5.75 Å². The summed E-state index contributed by atoms with van der Waals surface area (Å²) in [6.07, 6.45) is 1.18. The molecule has 1 aromatic carbocycles. The maximum atomic E-state index is 9.95. The molecule has 0 radical (unpaired) electrons. The first-order valence-corrected chi connectivity index (χ1v) is 4.64. The summed E-state index contributed by atoms with van der Waals surface area (Å²) in [5.41, 5.74) is 0.808. The van der Waals surface area contributed by atoms with Gasteiger partial charge >= 0.3 is 0 Å². The van der Waals surface area contributed by atoms with Crippen LogP contribution in [-0.2, 0) is 0 Å². The van der Waals surface area contributed by atoms with Gasteiger partial charge in [0.1, 0.15) is 5.75 Å². The smallest absolute Gasteiger partial charge is 0.124 e. The molecule has 0 unspecified atom stereocenters. The van der Waals surface area contributed by atoms with E-state index in [1.807, 2.05) is 31.2 Å². The first-order valence-electron chi connectivity index (χ1n) is 4.64. The summed E-state index contributed by atoms with van der Waals surface area (Å²) in [6.45, 7) is 5.58. The molecule has 0 saturated heterocycles. The lowest BCUT2D eigenvalue weighted by Crippen LogP contribution is -2.07. The van der Waals surface area contributed by atoms with Crippen molar-refractivity contribution in [3.8, 4) is 5.75 Å². The van der Waals surface area contributed by atoms with Crippen molar-refractivity contribution in [2.45, 2.75) is 13.0 Å². The minimum Gasteiger partial charge on any atom is -0.496 e. The van der Waals surface area contributed by atoms with Crippen LogP contribution in [0, 0.1) is 5.92 Å². The van der Waals surface area contributed by atoms with Gasteiger partial charge in [0.15, 0.2) is 0 Å². The zero-order valence-electron chi connectivity index (χ0n) is 8.60. The van der Waals surface area contributed by atoms with Crippen LogP contribution in [0.3, 0.4) is 0 Å². The zero-order chi connectivity index (χ0) is 10.6. The largest absolute Gasteiger partial charge is 0.496 e. The number of ether oxygens (including phenoxy) is 1. The van der Waals surface area contributed by atoms with Crippen molar-refractivity contribution in [2.24, 2.45) is 5.92 Å². The first-order chi connectivity index (χ1) is 6.70. The summed E-state index contributed by atoms with van der Waals surface area (Å²) < 4.78 is 5.17. The van der Waals surface area contributed by atoms with Crippen LogP contribution in [0.15, 0.2) is 36.9 Å². The number of methoxy groups -OCH3 is 1. The normalized spacial score (nSPS) is 14.5. The molecule has 2 atom stereocenters. The second-order valence-corrected chi connectivity index (χ2v) is 3.28. The van der Waals surface area contributed by atoms with E-state index < -0.39 is 6.10 Å². The first kappa shape index (κ1) is 10.8. The van der Waals surface area contributed by atoms with Gasteiger partial charge in [-0.3, -0.25) is 0 Å². The Morgan fingerprint density at radius 1 is 1.43 bits per heavy atom. The molecule has 1 aromatic rings. The Balaban J connectivity index is 2.98. The summed E-state index contributed by atoms with van der Waals surface area (Å²) in [6, 6.07) is 7.47. The molecule has 0 aliphatic heterocycles. The number of hydrogen-bond donors (Lipinski definition) is 1. The minimum absolute atomic E-state index is 0.0197. The monoisotopic (exact) mass is 192 g/mol. The van der Waals surface area contributed by atoms with Crippen LogP contribution in [0.1, 0.15) is 18.6 Å². The van der Waals surface area contributed by atoms with Crippen molar-refractivity contribution in [3.05, 3.63) is 42.5 Å². The van der Waals surface area contributed by atoms with Crippen molar-refractivity contribution in [2.75, 3.05) is 7.11 Å². The molecular formula is C12H16O2. The molecule has 0 bridgehead atoms. The van der Waals surface area contributed by atoms with Crippen molar-refractivity contribution in [3.63, 3.8) is 0 Å². The quantitative estimate of drug-likeness (QED) is 0.743. The van der Waals surface area contributed by atoms with Gasteiger partial charge in [-0.05, 0) is 6.07 Å². The van der Waals surface area contributed by atoms with Gasteiger partial charge in [-0.15, -0.1) is 6.58 Å². The molecule has 0 spiro atoms. The van der Waals surface area contributed by atoms with E-state index in [0.29, 0.717) is 5.75 Å². The fraction of sp³-hybridized carbons (Fsp3) is 0.333. The predicted octanol–water partition coefficient (Wildman–Crippen LogP) is 2.55. The van der Waals surface area contributed by atoms with Crippen LogP contribution in [-0.4, -0.2) is 12.2 Å². The van der Waals surface area contributed by atoms with Crippen LogP contribution in [0.4, 0.5) is 0 Å². The molecule has 76 valence electrons. The Labute approximate surface area is 84.8 Å². The Morgan fingerprint density at radius 2 is 2.07 bits per heavy atom. The summed E-state index contributed by atoms with van der Waals surface area (Å²) >= 11 is 0. The van der Waals surface area contributed by atoms with E-state index in [0.717, 1.165) is 5.56 Å². The van der Waals surface area contributed by atoms with Crippen LogP contribution < -0.4 is 4.74 Å². The number of aliphatic hydroxyl groups is 1. The third kappa shape index (κ3) is 2.15. The van der Waals surface area contributed by atoms with E-state index in [9.17, 15) is 5.11 Å². The molecule has 0 aliphatic rings. The average molecular weight is 192 g/mol. The van der Waals surface area contributed by atoms with E-state index in [4.69, 9.17) is 4.74 Å². The van der Waals surface area contributed by atoms with Crippen molar-refractivity contribution in [1.29, 1.82) is 0 Å². The van der Waals surface area contributed by atoms with Gasteiger partial charge in [-0.25, -0.2) is 0 Å². The number of benzene rings is 1. The van der Waals surface area contributed by atoms with Gasteiger partial charge in [0.25, 0.3) is 0 Å². The number of aliphatic hydroxyl groups excluding tert-OH is 1. The molecule has 14 heavy (non-hydrogen) atoms. The SMILES string of the molecule is C=C[C@H](C)[C@@H](O)c1ccccc1OC. The summed E-state index contributed by atoms with van der Waals surface area (Å²) in [7, 11) is 1.60. The standard InChI is InChI=1S/C12H16O2/c1-4-9(2)12(13)10-7-5-6-8-11(10)14-3/h4-9,12-13H,1H2,2-3H3/t9-,12+/m0/s1. The third-order valence-electron chi connectivity index (χ3n) is 2.33. The van der Waals surface area contributed by atoms with Crippen molar-refractivity contribution in [1.82, 2.24) is 0 Å². The Kier molecular flexibility index (Phi) is 3.72. The molecule has 0 amide bonds. The molecule has 0 saturated carbocycles. The maximum Gasteiger partial charge on any atom is 0.124 e. The molecule has 2 heteroatoms. The zero-order valence-corrected chi connectivity index (χ0v) is 8.60. The summed E-state index contributed by atoms with van der Waals surface area (Å²) in [4.78, 5) is 0. The van der Waals surface area contributed by atoms with Crippen LogP contribution >= 0.6 is 0 Å². The highest BCUT2D eigenvalue weighted by molar-refractivity contribution is 5.35. The fourth-order valence-electron chi connectivity index (χ4n) is 1.32. The van der Waals surface area contributed by atoms with Crippen molar-refractivity contribution >= 4 is 0 Å². The van der Waals surface area contributed by atoms with Gasteiger partial charge in [0, 0.05) is 11.5 Å². The Hall–Kier alpha value is -1.28. The lowest BCUT2D eigenvalue weighted by Gasteiger charge is -2.18. The van der Waals surface area contributed by atoms with Crippen LogP contribution in [0.25, 0.3) is 0 Å². The van der Waals surface area contributed by atoms with E-state index in [-0.39, 0.29) is 5.92 Å². The molecule has 1 N–H and O–H groups in total. The van der Waals surface area contributed by atoms with E-state index >= 15 is 0 Å². The number of rotatable bonds is 4. The molecule has 0 aromatic heterocycles. The molecule has 0 aliphatic carbocycles. The maximum absolute atomic E-state index is 9.95. The highest BCUT2D eigenvalue weighted by Crippen LogP contribution is 2.29. The number of para-hydroxylation sites is 1. The minimum atomic E-state index is -0.552. The Morgan fingerprint density at radius 3 is 2.64 bits per heavy atom. The van der Waals surface area contributed by atoms with Gasteiger partial charge in [0.05, 0.1) is 13.2 Å². The van der Waals surface area contributed by atoms with Gasteiger partial charge < -0.3 is 9.84 Å². The lowest BCUT2D eigenvalue weighted by atomic mass is 9.97. The van der Waals surface area contributed by atoms with E-state index in [2.05, 4.69) is 6.58 Å². The highest BCUT2D eigenvalue weighted by Gasteiger charge is 2.16. The second-order valence-electron chi connectivity index (χ2n) is 3.28. The average Bonchev–Trinajstić information content (AvgIpc) is 2.26. The van der Waals surface area contributed by atoms with E-state index in [1.54, 1.807) is 13.2 Å². The van der Waals surface area contributed by atoms with Crippen LogP contribution in [0.2, 0.25) is 0 Å².